The molecule has 0 aromatic heterocycles. The molecule has 0 N–H and O–H groups in total. The second kappa shape index (κ2) is 14.4. The van der Waals surface area contributed by atoms with Crippen molar-refractivity contribution in [2.24, 2.45) is 0 Å². The lowest BCUT2D eigenvalue weighted by atomic mass is 10.5. The maximum absolute atomic E-state index is 5.54. The molecule has 0 bridgehead atoms. The molecule has 0 spiro atoms. The van der Waals surface area contributed by atoms with Crippen LogP contribution in [0.1, 0.15) is 12.8 Å². The van der Waals surface area contributed by atoms with E-state index in [1.54, 1.807) is 0 Å². The summed E-state index contributed by atoms with van der Waals surface area (Å²) in [6.45, 7) is 9.45. The average molecular weight is 391 g/mol. The van der Waals surface area contributed by atoms with E-state index >= 15 is 0 Å². The Bertz CT molecular complexity index is 202. The normalized spacial score (nSPS) is 15.0. The van der Waals surface area contributed by atoms with E-state index in [-0.39, 0.29) is 0 Å². The lowest BCUT2D eigenvalue weighted by Gasteiger charge is -2.17. The van der Waals surface area contributed by atoms with Crippen molar-refractivity contribution in [2.75, 3.05) is 25.7 Å². The molecule has 0 heterocycles. The highest BCUT2D eigenvalue weighted by atomic mass is 33.7. The van der Waals surface area contributed by atoms with Crippen LogP contribution in [0.15, 0.2) is 0 Å². The molecular formula is C12H30O2S4Si2. The third kappa shape index (κ3) is 11.3. The fourth-order valence-corrected chi connectivity index (χ4v) is 11.3. The number of hydrogen-bond donors (Lipinski definition) is 0. The van der Waals surface area contributed by atoms with E-state index in [0.717, 1.165) is 0 Å². The third-order valence-corrected chi connectivity index (χ3v) is 13.9. The smallest absolute Gasteiger partial charge is 0.0656 e. The zero-order valence-corrected chi connectivity index (χ0v) is 19.2. The van der Waals surface area contributed by atoms with Crippen LogP contribution >= 0.6 is 41.2 Å². The monoisotopic (exact) mass is 390 g/mol. The molecule has 8 heteroatoms. The Morgan fingerprint density at radius 1 is 0.750 bits per heavy atom. The van der Waals surface area contributed by atoms with E-state index in [1.165, 1.54) is 24.3 Å². The molecule has 0 amide bonds. The molecule has 0 saturated heterocycles. The second-order valence-electron chi connectivity index (χ2n) is 5.39. The minimum atomic E-state index is -0.647. The topological polar surface area (TPSA) is 18.5 Å². The van der Waals surface area contributed by atoms with Crippen LogP contribution in [-0.2, 0) is 9.47 Å². The van der Waals surface area contributed by atoms with Gasteiger partial charge >= 0.3 is 0 Å². The molecule has 2 atom stereocenters. The van der Waals surface area contributed by atoms with Crippen LogP contribution in [0.25, 0.3) is 0 Å². The van der Waals surface area contributed by atoms with Crippen molar-refractivity contribution in [3.05, 3.63) is 0 Å². The zero-order chi connectivity index (χ0) is 15.4. The van der Waals surface area contributed by atoms with Gasteiger partial charge in [0.1, 0.15) is 0 Å². The first-order chi connectivity index (χ1) is 9.52. The Hall–Kier alpha value is 1.75. The van der Waals surface area contributed by atoms with Crippen LogP contribution in [0.2, 0.25) is 26.2 Å². The van der Waals surface area contributed by atoms with Crippen LogP contribution in [0, 0.1) is 0 Å². The fourth-order valence-electron chi connectivity index (χ4n) is 1.88. The lowest BCUT2D eigenvalue weighted by Crippen LogP contribution is -2.27. The van der Waals surface area contributed by atoms with Crippen molar-refractivity contribution >= 4 is 58.8 Å². The molecule has 0 aliphatic heterocycles. The van der Waals surface area contributed by atoms with E-state index in [4.69, 9.17) is 9.47 Å². The molecule has 20 heavy (non-hydrogen) atoms. The summed E-state index contributed by atoms with van der Waals surface area (Å²) >= 11 is 0. The number of ether oxygens (including phenoxy) is 2. The summed E-state index contributed by atoms with van der Waals surface area (Å²) in [4.78, 5) is 0. The quantitative estimate of drug-likeness (QED) is 0.259. The van der Waals surface area contributed by atoms with Gasteiger partial charge < -0.3 is 9.47 Å². The Morgan fingerprint density at radius 2 is 1.10 bits per heavy atom. The summed E-state index contributed by atoms with van der Waals surface area (Å²) in [7, 11) is 10.2. The van der Waals surface area contributed by atoms with Gasteiger partial charge in [0, 0.05) is 37.2 Å². The second-order valence-corrected chi connectivity index (χ2v) is 18.1. The van der Waals surface area contributed by atoms with Gasteiger partial charge in [0.05, 0.1) is 17.6 Å². The highest BCUT2D eigenvalue weighted by Crippen LogP contribution is 2.43. The van der Waals surface area contributed by atoms with Crippen molar-refractivity contribution < 1.29 is 9.47 Å². The van der Waals surface area contributed by atoms with Gasteiger partial charge in [-0.3, -0.25) is 0 Å². The van der Waals surface area contributed by atoms with Gasteiger partial charge in [0.2, 0.25) is 0 Å². The molecule has 0 aliphatic carbocycles. The van der Waals surface area contributed by atoms with Crippen LogP contribution < -0.4 is 0 Å². The Labute approximate surface area is 144 Å². The van der Waals surface area contributed by atoms with Crippen molar-refractivity contribution in [3.63, 3.8) is 0 Å². The van der Waals surface area contributed by atoms with Crippen LogP contribution in [0.3, 0.4) is 0 Å². The summed E-state index contributed by atoms with van der Waals surface area (Å²) in [5.74, 6) is 2.39. The van der Waals surface area contributed by atoms with E-state index in [1.807, 2.05) is 55.5 Å². The van der Waals surface area contributed by atoms with Gasteiger partial charge in [-0.15, -0.1) is 0 Å². The van der Waals surface area contributed by atoms with Crippen molar-refractivity contribution in [1.29, 1.82) is 0 Å². The first-order valence-corrected chi connectivity index (χ1v) is 18.3. The lowest BCUT2D eigenvalue weighted by molar-refractivity contribution is 0.159. The highest BCUT2D eigenvalue weighted by Gasteiger charge is 2.14. The van der Waals surface area contributed by atoms with Crippen molar-refractivity contribution in [1.82, 2.24) is 0 Å². The first-order valence-electron chi connectivity index (χ1n) is 7.16. The Kier molecular flexibility index (Phi) is 15.6. The van der Waals surface area contributed by atoms with Crippen LogP contribution in [0.5, 0.6) is 0 Å². The number of methoxy groups -OCH3 is 2. The Morgan fingerprint density at radius 3 is 1.35 bits per heavy atom. The molecule has 0 aromatic carbocycles. The Balaban J connectivity index is 3.41. The van der Waals surface area contributed by atoms with Crippen LogP contribution in [0.4, 0.5) is 0 Å². The molecule has 0 rings (SSSR count). The first kappa shape index (κ1) is 21.8. The average Bonchev–Trinajstić information content (AvgIpc) is 2.40. The molecule has 0 aliphatic rings. The summed E-state index contributed by atoms with van der Waals surface area (Å²) in [5, 5.41) is 0. The summed E-state index contributed by atoms with van der Waals surface area (Å²) in [6, 6.07) is 0. The van der Waals surface area contributed by atoms with E-state index in [2.05, 4.69) is 26.2 Å². The van der Waals surface area contributed by atoms with Crippen molar-refractivity contribution in [2.45, 2.75) is 50.5 Å². The third-order valence-electron chi connectivity index (χ3n) is 3.19. The SMILES string of the molecule is COC(CCSSSSCCC(OC)[SiH](C)C)[SiH](C)C. The van der Waals surface area contributed by atoms with Gasteiger partial charge in [-0.1, -0.05) is 47.8 Å². The van der Waals surface area contributed by atoms with Gasteiger partial charge in [0.15, 0.2) is 0 Å². The molecule has 0 radical (unpaired) electrons. The number of hydrogen-bond acceptors (Lipinski definition) is 6. The molecule has 2 unspecified atom stereocenters. The molecule has 0 aromatic rings. The predicted molar refractivity (Wildman–Crippen MR) is 109 cm³/mol. The number of rotatable bonds is 13. The van der Waals surface area contributed by atoms with Gasteiger partial charge in [-0.2, -0.15) is 0 Å². The molecular weight excluding hydrogens is 361 g/mol. The summed E-state index contributed by atoms with van der Waals surface area (Å²) < 4.78 is 11.1. The standard InChI is InChI=1S/C12H30O2S4Si2/c1-13-11(19(3)4)7-9-15-17-18-16-10-8-12(14-2)20(5)6/h11-12,19-20H,7-10H2,1-6H3. The minimum absolute atomic E-state index is 0.541. The van der Waals surface area contributed by atoms with Gasteiger partial charge in [-0.25, -0.2) is 0 Å². The molecule has 122 valence electrons. The zero-order valence-electron chi connectivity index (χ0n) is 13.6. The molecule has 0 fully saturated rings. The van der Waals surface area contributed by atoms with E-state index in [0.29, 0.717) is 11.5 Å². The summed E-state index contributed by atoms with van der Waals surface area (Å²) in [5.41, 5.74) is 1.08. The molecule has 0 saturated carbocycles. The molecule has 2 nitrogen and oxygen atoms in total. The fraction of sp³-hybridized carbons (Fsp3) is 1.00. The maximum atomic E-state index is 5.54. The van der Waals surface area contributed by atoms with Crippen LogP contribution in [-0.4, -0.2) is 54.8 Å². The highest BCUT2D eigenvalue weighted by molar-refractivity contribution is 9.26. The largest absolute Gasteiger partial charge is 0.385 e. The van der Waals surface area contributed by atoms with Crippen molar-refractivity contribution in [3.8, 4) is 0 Å². The van der Waals surface area contributed by atoms with Gasteiger partial charge in [0.25, 0.3) is 0 Å². The van der Waals surface area contributed by atoms with Gasteiger partial charge in [-0.05, 0) is 32.5 Å². The summed E-state index contributed by atoms with van der Waals surface area (Å²) in [6.07, 6.45) is 2.40. The predicted octanol–water partition coefficient (Wildman–Crippen LogP) is 4.53. The maximum Gasteiger partial charge on any atom is 0.0656 e. The van der Waals surface area contributed by atoms with E-state index < -0.39 is 17.6 Å². The van der Waals surface area contributed by atoms with E-state index in [9.17, 15) is 0 Å². The minimum Gasteiger partial charge on any atom is -0.385 e.